The van der Waals surface area contributed by atoms with Crippen LogP contribution in [0.1, 0.15) is 53.5 Å². The second-order valence-electron chi connectivity index (χ2n) is 12.6. The number of carbonyl (C=O) groups is 2. The number of thioether (sulfide) groups is 1. The molecule has 3 aromatic rings. The van der Waals surface area contributed by atoms with Gasteiger partial charge in [-0.1, -0.05) is 61.5 Å². The van der Waals surface area contributed by atoms with Crippen LogP contribution in [0.25, 0.3) is 0 Å². The van der Waals surface area contributed by atoms with Gasteiger partial charge in [0.25, 0.3) is 0 Å². The minimum Gasteiger partial charge on any atom is -0.379 e. The van der Waals surface area contributed by atoms with Crippen molar-refractivity contribution in [1.82, 2.24) is 9.80 Å². The van der Waals surface area contributed by atoms with Crippen molar-refractivity contribution in [3.05, 3.63) is 95.6 Å². The number of anilines is 1. The third-order valence-electron chi connectivity index (χ3n) is 9.41. The molecule has 0 bridgehead atoms. The third kappa shape index (κ3) is 8.47. The Morgan fingerprint density at radius 3 is 1.91 bits per heavy atom. The van der Waals surface area contributed by atoms with Crippen molar-refractivity contribution >= 4 is 29.0 Å². The molecule has 2 fully saturated rings. The fraction of sp³-hybridized carbons (Fsp3) is 0.474. The van der Waals surface area contributed by atoms with Crippen molar-refractivity contribution in [2.75, 3.05) is 77.9 Å². The fourth-order valence-electron chi connectivity index (χ4n) is 6.33. The second kappa shape index (κ2) is 16.7. The molecule has 0 aliphatic carbocycles. The average Bonchev–Trinajstić information content (AvgIpc) is 3.11. The largest absolute Gasteiger partial charge is 0.379 e. The van der Waals surface area contributed by atoms with Crippen LogP contribution in [0.15, 0.2) is 83.8 Å². The van der Waals surface area contributed by atoms with Gasteiger partial charge in [-0.2, -0.15) is 0 Å². The SMILES string of the molecule is CCC(Cc1ccccc1)(C(=O)c1ccccc1N1CCOCC1)N(C)C.CSc1ccc(C(=O)C(C)(C)N2CCOCC2)cc1. The highest BCUT2D eigenvalue weighted by Crippen LogP contribution is 2.32. The quantitative estimate of drug-likeness (QED) is 0.176. The first-order chi connectivity index (χ1) is 22.1. The van der Waals surface area contributed by atoms with Gasteiger partial charge in [0.2, 0.25) is 0 Å². The van der Waals surface area contributed by atoms with Crippen LogP contribution in [-0.2, 0) is 15.9 Å². The Hall–Kier alpha value is -3.01. The molecule has 2 aliphatic heterocycles. The minimum absolute atomic E-state index is 0.182. The zero-order valence-electron chi connectivity index (χ0n) is 28.5. The molecule has 2 saturated heterocycles. The number of rotatable bonds is 11. The zero-order valence-corrected chi connectivity index (χ0v) is 29.3. The standard InChI is InChI=1S/C23H30N2O2.C15H21NO2S/c1-4-23(24(2)3,18-19-10-6-5-7-11-19)22(26)20-12-8-9-13-21(20)25-14-16-27-17-15-25;1-15(2,16-8-10-18-11-9-16)14(17)12-4-6-13(19-3)7-5-12/h5-13H,4,14-18H2,1-3H3;4-7H,8-11H2,1-3H3. The monoisotopic (exact) mass is 645 g/mol. The average molecular weight is 646 g/mol. The van der Waals surface area contributed by atoms with E-state index in [0.717, 1.165) is 49.4 Å². The van der Waals surface area contributed by atoms with Crippen LogP contribution in [0, 0.1) is 0 Å². The summed E-state index contributed by atoms with van der Waals surface area (Å²) >= 11 is 1.69. The molecule has 3 aromatic carbocycles. The summed E-state index contributed by atoms with van der Waals surface area (Å²) in [5.41, 5.74) is 2.78. The Balaban J connectivity index is 0.000000222. The second-order valence-corrected chi connectivity index (χ2v) is 13.5. The van der Waals surface area contributed by atoms with Crippen molar-refractivity contribution in [2.45, 2.75) is 49.6 Å². The topological polar surface area (TPSA) is 62.3 Å². The predicted octanol–water partition coefficient (Wildman–Crippen LogP) is 6.36. The summed E-state index contributed by atoms with van der Waals surface area (Å²) in [7, 11) is 4.03. The van der Waals surface area contributed by atoms with Gasteiger partial charge in [-0.15, -0.1) is 11.8 Å². The summed E-state index contributed by atoms with van der Waals surface area (Å²) in [5, 5.41) is 0. The van der Waals surface area contributed by atoms with Crippen molar-refractivity contribution in [3.8, 4) is 0 Å². The Labute approximate surface area is 280 Å². The molecular weight excluding hydrogens is 595 g/mol. The van der Waals surface area contributed by atoms with Gasteiger partial charge in [0.15, 0.2) is 11.6 Å². The van der Waals surface area contributed by atoms with E-state index in [4.69, 9.17) is 9.47 Å². The number of carbonyl (C=O) groups excluding carboxylic acids is 2. The van der Waals surface area contributed by atoms with Gasteiger partial charge >= 0.3 is 0 Å². The molecule has 0 spiro atoms. The lowest BCUT2D eigenvalue weighted by Crippen LogP contribution is -2.54. The van der Waals surface area contributed by atoms with E-state index in [2.05, 4.69) is 39.8 Å². The van der Waals surface area contributed by atoms with E-state index in [1.54, 1.807) is 11.8 Å². The summed E-state index contributed by atoms with van der Waals surface area (Å²) in [5.74, 6) is 0.378. The summed E-state index contributed by atoms with van der Waals surface area (Å²) in [6.45, 7) is 12.2. The molecule has 0 saturated carbocycles. The van der Waals surface area contributed by atoms with E-state index in [9.17, 15) is 9.59 Å². The van der Waals surface area contributed by atoms with Crippen molar-refractivity contribution in [1.29, 1.82) is 0 Å². The molecule has 1 atom stereocenters. The summed E-state index contributed by atoms with van der Waals surface area (Å²) in [6, 6.07) is 26.2. The van der Waals surface area contributed by atoms with Gasteiger partial charge in [-0.25, -0.2) is 0 Å². The first-order valence-corrected chi connectivity index (χ1v) is 17.6. The van der Waals surface area contributed by atoms with Crippen molar-refractivity contribution in [2.24, 2.45) is 0 Å². The lowest BCUT2D eigenvalue weighted by atomic mass is 9.79. The molecule has 0 aromatic heterocycles. The number of hydrogen-bond donors (Lipinski definition) is 0. The maximum atomic E-state index is 13.9. The maximum Gasteiger partial charge on any atom is 0.185 e. The van der Waals surface area contributed by atoms with Crippen LogP contribution in [0.2, 0.25) is 0 Å². The van der Waals surface area contributed by atoms with E-state index in [1.807, 2.05) is 94.9 Å². The number of benzene rings is 3. The van der Waals surface area contributed by atoms with Crippen LogP contribution >= 0.6 is 11.8 Å². The highest BCUT2D eigenvalue weighted by atomic mass is 32.2. The Kier molecular flexibility index (Phi) is 13.0. The molecule has 7 nitrogen and oxygen atoms in total. The molecule has 0 radical (unpaired) electrons. The van der Waals surface area contributed by atoms with Gasteiger partial charge in [-0.05, 0) is 76.9 Å². The van der Waals surface area contributed by atoms with Crippen LogP contribution in [0.5, 0.6) is 0 Å². The Bertz CT molecular complexity index is 1400. The maximum absolute atomic E-state index is 13.9. The van der Waals surface area contributed by atoms with E-state index in [1.165, 1.54) is 10.5 Å². The number of Topliss-reactive ketones (excluding diaryl/α,β-unsaturated/α-hetero) is 2. The molecule has 1 unspecified atom stereocenters. The van der Waals surface area contributed by atoms with Crippen LogP contribution in [0.3, 0.4) is 0 Å². The van der Waals surface area contributed by atoms with E-state index in [-0.39, 0.29) is 11.6 Å². The van der Waals surface area contributed by atoms with Crippen molar-refractivity contribution in [3.63, 3.8) is 0 Å². The van der Waals surface area contributed by atoms with Crippen LogP contribution in [0.4, 0.5) is 5.69 Å². The minimum atomic E-state index is -0.566. The number of ketones is 2. The Morgan fingerprint density at radius 2 is 1.35 bits per heavy atom. The molecule has 248 valence electrons. The molecule has 8 heteroatoms. The van der Waals surface area contributed by atoms with Gasteiger partial charge in [0.05, 0.1) is 37.5 Å². The van der Waals surface area contributed by atoms with Crippen LogP contribution < -0.4 is 4.90 Å². The number of morpholine rings is 2. The van der Waals surface area contributed by atoms with Gasteiger partial charge in [-0.3, -0.25) is 19.4 Å². The zero-order chi connectivity index (χ0) is 33.2. The smallest absolute Gasteiger partial charge is 0.185 e. The predicted molar refractivity (Wildman–Crippen MR) is 190 cm³/mol. The lowest BCUT2D eigenvalue weighted by molar-refractivity contribution is -0.00430. The van der Waals surface area contributed by atoms with Crippen molar-refractivity contribution < 1.29 is 19.1 Å². The van der Waals surface area contributed by atoms with E-state index >= 15 is 0 Å². The molecule has 5 rings (SSSR count). The van der Waals surface area contributed by atoms with Gasteiger partial charge < -0.3 is 14.4 Å². The van der Waals surface area contributed by atoms with E-state index in [0.29, 0.717) is 32.8 Å². The van der Waals surface area contributed by atoms with E-state index < -0.39 is 11.1 Å². The number of likely N-dealkylation sites (N-methyl/N-ethyl adjacent to an activating group) is 1. The summed E-state index contributed by atoms with van der Waals surface area (Å²) in [4.78, 5) is 34.3. The Morgan fingerprint density at radius 1 is 0.783 bits per heavy atom. The fourth-order valence-corrected chi connectivity index (χ4v) is 6.74. The third-order valence-corrected chi connectivity index (χ3v) is 10.2. The first kappa shape index (κ1) is 35.8. The molecule has 2 aliphatic rings. The number of ether oxygens (including phenoxy) is 2. The number of nitrogens with zero attached hydrogens (tertiary/aromatic N) is 3. The molecule has 46 heavy (non-hydrogen) atoms. The van der Waals surface area contributed by atoms with Crippen LogP contribution in [-0.4, -0.2) is 105 Å². The lowest BCUT2D eigenvalue weighted by Gasteiger charge is -2.39. The van der Waals surface area contributed by atoms with Gasteiger partial charge in [0.1, 0.15) is 0 Å². The molecule has 0 N–H and O–H groups in total. The highest BCUT2D eigenvalue weighted by molar-refractivity contribution is 7.98. The summed E-state index contributed by atoms with van der Waals surface area (Å²) in [6.07, 6.45) is 3.49. The molecule has 2 heterocycles. The molecular formula is C38H51N3O4S. The normalized spacial score (nSPS) is 17.2. The first-order valence-electron chi connectivity index (χ1n) is 16.3. The number of hydrogen-bond acceptors (Lipinski definition) is 8. The molecule has 0 amide bonds. The highest BCUT2D eigenvalue weighted by Gasteiger charge is 2.41. The van der Waals surface area contributed by atoms with Gasteiger partial charge in [0, 0.05) is 47.9 Å². The summed E-state index contributed by atoms with van der Waals surface area (Å²) < 4.78 is 10.8. The number of para-hydroxylation sites is 1.